The maximum absolute atomic E-state index is 13.1. The molecule has 5 aromatic rings. The number of H-pyrrole nitrogens is 1. The average molecular weight is 670 g/mol. The molecular weight excluding hydrogens is 633 g/mol. The first-order valence-corrected chi connectivity index (χ1v) is 16.7. The van der Waals surface area contributed by atoms with Crippen molar-refractivity contribution in [1.82, 2.24) is 15.3 Å². The maximum atomic E-state index is 13.1. The van der Waals surface area contributed by atoms with Gasteiger partial charge in [0.15, 0.2) is 0 Å². The number of aromatic nitrogens is 2. The van der Waals surface area contributed by atoms with Crippen LogP contribution in [0.4, 0.5) is 10.1 Å². The molecule has 0 saturated carbocycles. The largest absolute Gasteiger partial charge is 0.478 e. The summed E-state index contributed by atoms with van der Waals surface area (Å²) in [6.07, 6.45) is 5.55. The Kier molecular flexibility index (Phi) is 9.50. The van der Waals surface area contributed by atoms with Gasteiger partial charge in [-0.2, -0.15) is 0 Å². The van der Waals surface area contributed by atoms with Crippen LogP contribution in [0, 0.1) is 5.82 Å². The van der Waals surface area contributed by atoms with Crippen molar-refractivity contribution in [2.45, 2.75) is 31.8 Å². The topological polar surface area (TPSA) is 120 Å². The second-order valence-corrected chi connectivity index (χ2v) is 12.4. The van der Waals surface area contributed by atoms with E-state index in [1.54, 1.807) is 18.2 Å². The molecule has 0 radical (unpaired) electrons. The average Bonchev–Trinajstić information content (AvgIpc) is 3.94. The Morgan fingerprint density at radius 1 is 0.880 bits per heavy atom. The van der Waals surface area contributed by atoms with Gasteiger partial charge in [0, 0.05) is 54.5 Å². The van der Waals surface area contributed by atoms with E-state index >= 15 is 0 Å². The number of halogens is 1. The molecule has 1 amide bonds. The number of hydrogen-bond donors (Lipinski definition) is 3. The first-order chi connectivity index (χ1) is 24.4. The van der Waals surface area contributed by atoms with Crippen molar-refractivity contribution in [3.63, 3.8) is 0 Å². The van der Waals surface area contributed by atoms with E-state index in [2.05, 4.69) is 44.6 Å². The molecular formula is C40H36FN5O4. The van der Waals surface area contributed by atoms with Crippen molar-refractivity contribution in [2.75, 3.05) is 24.5 Å². The number of aliphatic carboxylic acids is 1. The molecule has 3 heterocycles. The van der Waals surface area contributed by atoms with Crippen molar-refractivity contribution in [3.05, 3.63) is 126 Å². The number of oxime groups is 1. The lowest BCUT2D eigenvalue weighted by atomic mass is 10.00. The number of imidazole rings is 1. The molecule has 10 heteroatoms. The normalized spacial score (nSPS) is 15.7. The molecule has 4 aromatic carbocycles. The molecule has 1 saturated heterocycles. The number of carboxylic acids is 1. The molecule has 1 aromatic heterocycles. The highest BCUT2D eigenvalue weighted by Crippen LogP contribution is 2.34. The lowest BCUT2D eigenvalue weighted by molar-refractivity contribution is -0.148. The van der Waals surface area contributed by atoms with E-state index in [9.17, 15) is 19.1 Å². The molecule has 7 rings (SSSR count). The second-order valence-electron chi connectivity index (χ2n) is 12.4. The van der Waals surface area contributed by atoms with Crippen molar-refractivity contribution in [3.8, 4) is 33.9 Å². The molecule has 2 aliphatic rings. The summed E-state index contributed by atoms with van der Waals surface area (Å²) in [5.74, 6) is -0.779. The lowest BCUT2D eigenvalue weighted by Crippen LogP contribution is -2.23. The summed E-state index contributed by atoms with van der Waals surface area (Å²) in [6.45, 7) is 2.60. The minimum absolute atomic E-state index is 0.204. The fraction of sp³-hybridized carbons (Fsp3) is 0.200. The summed E-state index contributed by atoms with van der Waals surface area (Å²) < 4.78 is 13.1. The standard InChI is InChI=1S/C40H36FN5O4/c41-32-16-5-27(6-17-32)21-22-42-36(47)20-7-26-3-8-29(9-4-26)37-38(30-12-10-28(11-13-30)34-25-35(40(48)49)50-45-34)44-39(43-37)31-14-18-33(19-15-31)46-23-1-2-24-46/h3-20,35H,1-2,21-25H2,(H,42,47)(H,43,44)(H,48,49)/b20-7+. The molecule has 3 N–H and O–H groups in total. The van der Waals surface area contributed by atoms with Crippen LogP contribution in [0.2, 0.25) is 0 Å². The Hall–Kier alpha value is -6.03. The van der Waals surface area contributed by atoms with Crippen LogP contribution in [0.5, 0.6) is 0 Å². The maximum Gasteiger partial charge on any atom is 0.348 e. The first kappa shape index (κ1) is 32.5. The molecule has 0 bridgehead atoms. The van der Waals surface area contributed by atoms with Crippen LogP contribution in [-0.2, 0) is 20.8 Å². The summed E-state index contributed by atoms with van der Waals surface area (Å²) in [4.78, 5) is 39.9. The van der Waals surface area contributed by atoms with Gasteiger partial charge in [0.05, 0.1) is 17.1 Å². The Balaban J connectivity index is 1.10. The number of nitrogens with zero attached hydrogens (tertiary/aromatic N) is 3. The van der Waals surface area contributed by atoms with Gasteiger partial charge in [-0.1, -0.05) is 65.8 Å². The molecule has 50 heavy (non-hydrogen) atoms. The second kappa shape index (κ2) is 14.6. The predicted octanol–water partition coefficient (Wildman–Crippen LogP) is 7.10. The highest BCUT2D eigenvalue weighted by Gasteiger charge is 2.28. The van der Waals surface area contributed by atoms with Gasteiger partial charge in [-0.25, -0.2) is 14.2 Å². The van der Waals surface area contributed by atoms with Crippen LogP contribution < -0.4 is 10.2 Å². The number of carbonyl (C=O) groups is 2. The molecule has 1 atom stereocenters. The third kappa shape index (κ3) is 7.49. The fourth-order valence-corrected chi connectivity index (χ4v) is 6.21. The van der Waals surface area contributed by atoms with Crippen LogP contribution in [0.25, 0.3) is 40.0 Å². The Bertz CT molecular complexity index is 2030. The van der Waals surface area contributed by atoms with Crippen molar-refractivity contribution in [1.29, 1.82) is 0 Å². The van der Waals surface area contributed by atoms with Gasteiger partial charge in [-0.15, -0.1) is 0 Å². The Morgan fingerprint density at radius 2 is 1.54 bits per heavy atom. The number of carbonyl (C=O) groups excluding carboxylic acids is 1. The van der Waals surface area contributed by atoms with E-state index < -0.39 is 12.1 Å². The molecule has 1 fully saturated rings. The minimum Gasteiger partial charge on any atom is -0.478 e. The lowest BCUT2D eigenvalue weighted by Gasteiger charge is -2.17. The van der Waals surface area contributed by atoms with Gasteiger partial charge in [0.1, 0.15) is 11.6 Å². The van der Waals surface area contributed by atoms with Crippen LogP contribution >= 0.6 is 0 Å². The van der Waals surface area contributed by atoms with E-state index in [0.717, 1.165) is 63.7 Å². The highest BCUT2D eigenvalue weighted by atomic mass is 19.1. The van der Waals surface area contributed by atoms with Crippen LogP contribution in [0.1, 0.15) is 36.0 Å². The number of rotatable bonds is 11. The summed E-state index contributed by atoms with van der Waals surface area (Å²) in [5, 5.41) is 16.1. The SMILES string of the molecule is O=C(/C=C/c1ccc(-c2[nH]c(-c3ccc(N4CCCC4)cc3)nc2-c2ccc(C3=NOC(C(=O)O)C3)cc2)cc1)NCCc1ccc(F)cc1. The number of nitrogens with one attached hydrogen (secondary N) is 2. The number of anilines is 1. The third-order valence-electron chi connectivity index (χ3n) is 9.00. The van der Waals surface area contributed by atoms with E-state index in [1.807, 2.05) is 48.5 Å². The zero-order valence-electron chi connectivity index (χ0n) is 27.3. The van der Waals surface area contributed by atoms with Crippen LogP contribution in [-0.4, -0.2) is 58.4 Å². The smallest absolute Gasteiger partial charge is 0.348 e. The molecule has 0 spiro atoms. The highest BCUT2D eigenvalue weighted by molar-refractivity contribution is 6.03. The quantitative estimate of drug-likeness (QED) is 0.129. The van der Waals surface area contributed by atoms with Gasteiger partial charge in [0.25, 0.3) is 0 Å². The first-order valence-electron chi connectivity index (χ1n) is 16.7. The van der Waals surface area contributed by atoms with E-state index in [4.69, 9.17) is 9.82 Å². The summed E-state index contributed by atoms with van der Waals surface area (Å²) in [6, 6.07) is 30.4. The zero-order valence-corrected chi connectivity index (χ0v) is 27.3. The molecule has 2 aliphatic heterocycles. The minimum atomic E-state index is -1.04. The van der Waals surface area contributed by atoms with Crippen LogP contribution in [0.15, 0.2) is 108 Å². The number of hydrogen-bond acceptors (Lipinski definition) is 6. The Morgan fingerprint density at radius 3 is 2.22 bits per heavy atom. The summed E-state index contributed by atoms with van der Waals surface area (Å²) in [5.41, 5.74) is 8.82. The number of aromatic amines is 1. The summed E-state index contributed by atoms with van der Waals surface area (Å²) >= 11 is 0. The predicted molar refractivity (Wildman–Crippen MR) is 192 cm³/mol. The van der Waals surface area contributed by atoms with Crippen molar-refractivity contribution < 1.29 is 23.9 Å². The number of amides is 1. The summed E-state index contributed by atoms with van der Waals surface area (Å²) in [7, 11) is 0. The third-order valence-corrected chi connectivity index (χ3v) is 9.00. The molecule has 9 nitrogen and oxygen atoms in total. The van der Waals surface area contributed by atoms with Crippen molar-refractivity contribution >= 4 is 29.4 Å². The van der Waals surface area contributed by atoms with Gasteiger partial charge >= 0.3 is 5.97 Å². The van der Waals surface area contributed by atoms with Gasteiger partial charge in [-0.3, -0.25) is 4.79 Å². The van der Waals surface area contributed by atoms with Gasteiger partial charge < -0.3 is 25.1 Å². The Labute approximate surface area is 289 Å². The monoisotopic (exact) mass is 669 g/mol. The molecule has 0 aliphatic carbocycles. The zero-order chi connectivity index (χ0) is 34.5. The van der Waals surface area contributed by atoms with Crippen molar-refractivity contribution in [2.24, 2.45) is 5.16 Å². The number of carboxylic acid groups (broad SMARTS) is 1. The van der Waals surface area contributed by atoms with Gasteiger partial charge in [0.2, 0.25) is 12.0 Å². The molecule has 252 valence electrons. The number of benzene rings is 4. The van der Waals surface area contributed by atoms with E-state index in [0.29, 0.717) is 18.7 Å². The molecule has 1 unspecified atom stereocenters. The van der Waals surface area contributed by atoms with E-state index in [1.165, 1.54) is 36.7 Å². The van der Waals surface area contributed by atoms with Gasteiger partial charge in [-0.05, 0) is 78.4 Å². The fourth-order valence-electron chi connectivity index (χ4n) is 6.21. The van der Waals surface area contributed by atoms with Crippen LogP contribution in [0.3, 0.4) is 0 Å². The van der Waals surface area contributed by atoms with E-state index in [-0.39, 0.29) is 18.1 Å².